The fourth-order valence-electron chi connectivity index (χ4n) is 2.18. The molecule has 1 heterocycles. The highest BCUT2D eigenvalue weighted by Gasteiger charge is 2.40. The summed E-state index contributed by atoms with van der Waals surface area (Å²) in [5.74, 6) is 0.633. The molecule has 1 aromatic rings. The van der Waals surface area contributed by atoms with Crippen LogP contribution in [0.1, 0.15) is 25.0 Å². The fourth-order valence-corrected chi connectivity index (χ4v) is 2.18. The molecule has 1 aliphatic rings. The zero-order valence-electron chi connectivity index (χ0n) is 8.81. The lowest BCUT2D eigenvalue weighted by molar-refractivity contribution is 0.0359. The summed E-state index contributed by atoms with van der Waals surface area (Å²) in [5.41, 5.74) is 5.51. The van der Waals surface area contributed by atoms with Crippen molar-refractivity contribution in [3.8, 4) is 5.75 Å². The smallest absolute Gasteiger partial charge is 0.143 e. The van der Waals surface area contributed by atoms with Crippen molar-refractivity contribution >= 4 is 0 Å². The predicted molar refractivity (Wildman–Crippen MR) is 56.5 cm³/mol. The van der Waals surface area contributed by atoms with E-state index >= 15 is 0 Å². The van der Waals surface area contributed by atoms with Crippen molar-refractivity contribution in [2.24, 2.45) is 5.73 Å². The van der Waals surface area contributed by atoms with Crippen LogP contribution in [0.25, 0.3) is 0 Å². The maximum Gasteiger partial charge on any atom is 0.143 e. The van der Waals surface area contributed by atoms with E-state index in [1.807, 2.05) is 6.07 Å². The maximum absolute atomic E-state index is 10.4. The fraction of sp³-hybridized carbons (Fsp3) is 0.545. The summed E-state index contributed by atoms with van der Waals surface area (Å²) in [6.45, 7) is 0. The molecule has 0 radical (unpaired) electrons. The van der Waals surface area contributed by atoms with Gasteiger partial charge in [-0.2, -0.15) is 0 Å². The Kier molecular flexibility index (Phi) is 2.63. The Bertz CT molecular complexity index is 356. The van der Waals surface area contributed by atoms with E-state index < -0.39 is 5.60 Å². The molecule has 4 nitrogen and oxygen atoms in total. The topological polar surface area (TPSA) is 68.4 Å². The second-order valence-electron chi connectivity index (χ2n) is 4.09. The number of hydrogen-bond acceptors (Lipinski definition) is 4. The molecule has 4 heteroatoms. The molecule has 0 aromatic carbocycles. The van der Waals surface area contributed by atoms with Crippen LogP contribution < -0.4 is 10.5 Å². The van der Waals surface area contributed by atoms with E-state index in [4.69, 9.17) is 10.5 Å². The maximum atomic E-state index is 10.4. The number of rotatable bonds is 2. The first-order chi connectivity index (χ1) is 7.15. The van der Waals surface area contributed by atoms with E-state index in [-0.39, 0.29) is 6.04 Å². The lowest BCUT2D eigenvalue weighted by atomic mass is 9.96. The molecule has 1 aliphatic carbocycles. The van der Waals surface area contributed by atoms with E-state index in [1.165, 1.54) is 0 Å². The molecule has 0 saturated heterocycles. The first-order valence-corrected chi connectivity index (χ1v) is 5.13. The SMILES string of the molecule is COc1cccnc1C1(O)CCC(N)C1. The quantitative estimate of drug-likeness (QED) is 0.754. The first-order valence-electron chi connectivity index (χ1n) is 5.13. The van der Waals surface area contributed by atoms with Gasteiger partial charge >= 0.3 is 0 Å². The molecule has 1 aromatic heterocycles. The summed E-state index contributed by atoms with van der Waals surface area (Å²) in [7, 11) is 1.58. The largest absolute Gasteiger partial charge is 0.495 e. The van der Waals surface area contributed by atoms with Gasteiger partial charge in [0.1, 0.15) is 17.0 Å². The van der Waals surface area contributed by atoms with E-state index in [2.05, 4.69) is 4.98 Å². The minimum Gasteiger partial charge on any atom is -0.495 e. The normalized spacial score (nSPS) is 30.5. The molecule has 82 valence electrons. The third kappa shape index (κ3) is 1.82. The van der Waals surface area contributed by atoms with Crippen molar-refractivity contribution in [3.63, 3.8) is 0 Å². The number of nitrogens with two attached hydrogens (primary N) is 1. The highest BCUT2D eigenvalue weighted by atomic mass is 16.5. The van der Waals surface area contributed by atoms with Gasteiger partial charge in [-0.05, 0) is 31.4 Å². The third-order valence-electron chi connectivity index (χ3n) is 2.96. The van der Waals surface area contributed by atoms with Gasteiger partial charge in [-0.3, -0.25) is 4.98 Å². The first kappa shape index (κ1) is 10.4. The summed E-state index contributed by atoms with van der Waals surface area (Å²) < 4.78 is 5.19. The van der Waals surface area contributed by atoms with E-state index in [9.17, 15) is 5.11 Å². The van der Waals surface area contributed by atoms with Gasteiger partial charge in [-0.25, -0.2) is 0 Å². The van der Waals surface area contributed by atoms with Crippen molar-refractivity contribution in [1.29, 1.82) is 0 Å². The zero-order chi connectivity index (χ0) is 10.9. The summed E-state index contributed by atoms with van der Waals surface area (Å²) in [6, 6.07) is 3.66. The number of hydrogen-bond donors (Lipinski definition) is 2. The zero-order valence-corrected chi connectivity index (χ0v) is 8.81. The summed E-state index contributed by atoms with van der Waals surface area (Å²) >= 11 is 0. The van der Waals surface area contributed by atoms with Crippen LogP contribution in [0.3, 0.4) is 0 Å². The standard InChI is InChI=1S/C11H16N2O2/c1-15-9-3-2-6-13-10(9)11(14)5-4-8(12)7-11/h2-3,6,8,14H,4-5,7,12H2,1H3. The van der Waals surface area contributed by atoms with Crippen LogP contribution in [0.2, 0.25) is 0 Å². The van der Waals surface area contributed by atoms with Crippen molar-refractivity contribution in [2.75, 3.05) is 7.11 Å². The number of methoxy groups -OCH3 is 1. The van der Waals surface area contributed by atoms with Gasteiger partial charge in [0.25, 0.3) is 0 Å². The number of pyridine rings is 1. The Morgan fingerprint density at radius 1 is 1.67 bits per heavy atom. The van der Waals surface area contributed by atoms with Crippen LogP contribution in [-0.4, -0.2) is 23.2 Å². The average molecular weight is 208 g/mol. The Balaban J connectivity index is 2.36. The third-order valence-corrected chi connectivity index (χ3v) is 2.96. The summed E-state index contributed by atoms with van der Waals surface area (Å²) in [6.07, 6.45) is 3.71. The van der Waals surface area contributed by atoms with E-state index in [0.29, 0.717) is 24.3 Å². The van der Waals surface area contributed by atoms with Crippen LogP contribution in [0, 0.1) is 0 Å². The molecule has 0 spiro atoms. The van der Waals surface area contributed by atoms with Gasteiger partial charge < -0.3 is 15.6 Å². The molecule has 2 atom stereocenters. The van der Waals surface area contributed by atoms with Crippen molar-refractivity contribution < 1.29 is 9.84 Å². The molecular formula is C11H16N2O2. The number of aliphatic hydroxyl groups is 1. The number of ether oxygens (including phenoxy) is 1. The monoisotopic (exact) mass is 208 g/mol. The van der Waals surface area contributed by atoms with E-state index in [0.717, 1.165) is 6.42 Å². The van der Waals surface area contributed by atoms with Gasteiger partial charge in [-0.15, -0.1) is 0 Å². The van der Waals surface area contributed by atoms with Crippen LogP contribution >= 0.6 is 0 Å². The van der Waals surface area contributed by atoms with Crippen LogP contribution in [0.15, 0.2) is 18.3 Å². The van der Waals surface area contributed by atoms with Crippen LogP contribution in [0.4, 0.5) is 0 Å². The average Bonchev–Trinajstić information content (AvgIpc) is 2.60. The van der Waals surface area contributed by atoms with Gasteiger partial charge in [-0.1, -0.05) is 0 Å². The predicted octanol–water partition coefficient (Wildman–Crippen LogP) is 0.789. The van der Waals surface area contributed by atoms with Crippen LogP contribution in [0.5, 0.6) is 5.75 Å². The van der Waals surface area contributed by atoms with Crippen LogP contribution in [-0.2, 0) is 5.60 Å². The molecule has 1 saturated carbocycles. The Morgan fingerprint density at radius 2 is 2.47 bits per heavy atom. The molecule has 2 unspecified atom stereocenters. The summed E-state index contributed by atoms with van der Waals surface area (Å²) in [5, 5.41) is 10.4. The second-order valence-corrected chi connectivity index (χ2v) is 4.09. The molecule has 1 fully saturated rings. The molecule has 0 amide bonds. The van der Waals surface area contributed by atoms with Crippen molar-refractivity contribution in [3.05, 3.63) is 24.0 Å². The van der Waals surface area contributed by atoms with Gasteiger partial charge in [0.15, 0.2) is 0 Å². The second kappa shape index (κ2) is 3.79. The molecule has 15 heavy (non-hydrogen) atoms. The minimum atomic E-state index is -0.911. The Hall–Kier alpha value is -1.13. The van der Waals surface area contributed by atoms with Gasteiger partial charge in [0.05, 0.1) is 7.11 Å². The summed E-state index contributed by atoms with van der Waals surface area (Å²) in [4.78, 5) is 4.21. The lowest BCUT2D eigenvalue weighted by Crippen LogP contribution is -2.27. The molecule has 2 rings (SSSR count). The molecule has 3 N–H and O–H groups in total. The van der Waals surface area contributed by atoms with Gasteiger partial charge in [0.2, 0.25) is 0 Å². The lowest BCUT2D eigenvalue weighted by Gasteiger charge is -2.23. The van der Waals surface area contributed by atoms with Crippen molar-refractivity contribution in [1.82, 2.24) is 4.98 Å². The van der Waals surface area contributed by atoms with Crippen molar-refractivity contribution in [2.45, 2.75) is 30.9 Å². The Morgan fingerprint density at radius 3 is 3.07 bits per heavy atom. The minimum absolute atomic E-state index is 0.0571. The number of aromatic nitrogens is 1. The number of nitrogens with zero attached hydrogens (tertiary/aromatic N) is 1. The van der Waals surface area contributed by atoms with E-state index in [1.54, 1.807) is 19.4 Å². The van der Waals surface area contributed by atoms with Gasteiger partial charge in [0, 0.05) is 12.2 Å². The Labute approximate surface area is 89.1 Å². The molecule has 0 bridgehead atoms. The highest BCUT2D eigenvalue weighted by Crippen LogP contribution is 2.40. The molecular weight excluding hydrogens is 192 g/mol. The highest BCUT2D eigenvalue weighted by molar-refractivity contribution is 5.32. The molecule has 0 aliphatic heterocycles.